The molecule has 0 saturated heterocycles. The van der Waals surface area contributed by atoms with Crippen molar-refractivity contribution in [1.82, 2.24) is 4.72 Å². The highest BCUT2D eigenvalue weighted by molar-refractivity contribution is 7.89. The average Bonchev–Trinajstić information content (AvgIpc) is 2.50. The summed E-state index contributed by atoms with van der Waals surface area (Å²) in [6.07, 6.45) is 7.87. The summed E-state index contributed by atoms with van der Waals surface area (Å²) in [6, 6.07) is 5.52. The maximum absolute atomic E-state index is 12.3. The lowest BCUT2D eigenvalue weighted by Gasteiger charge is -2.16. The number of hydrogen-bond acceptors (Lipinski definition) is 3. The van der Waals surface area contributed by atoms with Crippen molar-refractivity contribution < 1.29 is 13.5 Å². The molecule has 0 radical (unpaired) electrons. The van der Waals surface area contributed by atoms with Gasteiger partial charge in [-0.1, -0.05) is 18.9 Å². The van der Waals surface area contributed by atoms with Crippen molar-refractivity contribution in [2.75, 3.05) is 13.2 Å². The van der Waals surface area contributed by atoms with Gasteiger partial charge in [-0.25, -0.2) is 13.1 Å². The molecule has 5 heteroatoms. The molecule has 0 bridgehead atoms. The Morgan fingerprint density at radius 1 is 1.00 bits per heavy atom. The maximum atomic E-state index is 12.3. The molecule has 0 spiro atoms. The molecule has 2 N–H and O–H groups in total. The van der Waals surface area contributed by atoms with Crippen molar-refractivity contribution in [2.45, 2.75) is 56.3 Å². The Morgan fingerprint density at radius 2 is 1.71 bits per heavy atom. The van der Waals surface area contributed by atoms with Crippen LogP contribution in [0.4, 0.5) is 0 Å². The summed E-state index contributed by atoms with van der Waals surface area (Å²) in [5, 5.41) is 8.69. The zero-order chi connectivity index (χ0) is 15.1. The number of aliphatic hydroxyl groups is 1. The predicted molar refractivity (Wildman–Crippen MR) is 83.8 cm³/mol. The van der Waals surface area contributed by atoms with Gasteiger partial charge in [0.15, 0.2) is 0 Å². The molecule has 0 saturated carbocycles. The van der Waals surface area contributed by atoms with Crippen LogP contribution in [-0.4, -0.2) is 26.7 Å². The summed E-state index contributed by atoms with van der Waals surface area (Å²) in [7, 11) is -3.39. The van der Waals surface area contributed by atoms with Crippen LogP contribution in [0.15, 0.2) is 23.1 Å². The van der Waals surface area contributed by atoms with Crippen molar-refractivity contribution in [1.29, 1.82) is 0 Å². The van der Waals surface area contributed by atoms with E-state index in [0.29, 0.717) is 11.4 Å². The number of nitrogens with one attached hydrogen (secondary N) is 1. The molecule has 0 aromatic heterocycles. The number of unbranched alkanes of at least 4 members (excludes halogenated alkanes) is 3. The van der Waals surface area contributed by atoms with Crippen LogP contribution in [0.2, 0.25) is 0 Å². The molecule has 0 fully saturated rings. The standard InChI is InChI=1S/C16H25NO3S/c18-12-6-2-1-5-11-17-21(19,20)16-10-9-14-7-3-4-8-15(14)13-16/h9-10,13,17-18H,1-8,11-12H2. The zero-order valence-electron chi connectivity index (χ0n) is 12.5. The summed E-state index contributed by atoms with van der Waals surface area (Å²) in [6.45, 7) is 0.672. The van der Waals surface area contributed by atoms with Crippen molar-refractivity contribution in [2.24, 2.45) is 0 Å². The molecule has 118 valence electrons. The van der Waals surface area contributed by atoms with E-state index in [1.165, 1.54) is 17.5 Å². The normalized spacial score (nSPS) is 14.9. The minimum atomic E-state index is -3.39. The molecule has 2 rings (SSSR count). The van der Waals surface area contributed by atoms with E-state index >= 15 is 0 Å². The third-order valence-electron chi connectivity index (χ3n) is 4.01. The summed E-state index contributed by atoms with van der Waals surface area (Å²) in [5.74, 6) is 0. The fraction of sp³-hybridized carbons (Fsp3) is 0.625. The minimum Gasteiger partial charge on any atom is -0.396 e. The first kappa shape index (κ1) is 16.5. The van der Waals surface area contributed by atoms with Gasteiger partial charge in [0.25, 0.3) is 0 Å². The Hall–Kier alpha value is -0.910. The summed E-state index contributed by atoms with van der Waals surface area (Å²) < 4.78 is 27.2. The third-order valence-corrected chi connectivity index (χ3v) is 5.47. The fourth-order valence-electron chi connectivity index (χ4n) is 2.76. The smallest absolute Gasteiger partial charge is 0.240 e. The van der Waals surface area contributed by atoms with Crippen LogP contribution in [0.25, 0.3) is 0 Å². The minimum absolute atomic E-state index is 0.209. The third kappa shape index (κ3) is 4.80. The molecule has 1 aromatic rings. The van der Waals surface area contributed by atoms with E-state index in [-0.39, 0.29) is 6.61 Å². The predicted octanol–water partition coefficient (Wildman–Crippen LogP) is 2.40. The van der Waals surface area contributed by atoms with Crippen LogP contribution in [0.1, 0.15) is 49.7 Å². The summed E-state index contributed by atoms with van der Waals surface area (Å²) in [5.41, 5.74) is 2.48. The molecule has 0 atom stereocenters. The summed E-state index contributed by atoms with van der Waals surface area (Å²) in [4.78, 5) is 0.388. The van der Waals surface area contributed by atoms with E-state index in [4.69, 9.17) is 5.11 Å². The Labute approximate surface area is 127 Å². The second-order valence-corrected chi connectivity index (χ2v) is 7.44. The molecule has 0 aliphatic heterocycles. The van der Waals surface area contributed by atoms with Crippen LogP contribution in [0.3, 0.4) is 0 Å². The first-order valence-corrected chi connectivity index (χ1v) is 9.34. The molecular formula is C16H25NO3S. The number of aryl methyl sites for hydroxylation is 2. The molecule has 21 heavy (non-hydrogen) atoms. The van der Waals surface area contributed by atoms with E-state index in [1.807, 2.05) is 12.1 Å². The Kier molecular flexibility index (Phi) is 6.21. The van der Waals surface area contributed by atoms with Gasteiger partial charge in [-0.2, -0.15) is 0 Å². The highest BCUT2D eigenvalue weighted by atomic mass is 32.2. The fourth-order valence-corrected chi connectivity index (χ4v) is 3.88. The molecule has 4 nitrogen and oxygen atoms in total. The van der Waals surface area contributed by atoms with E-state index < -0.39 is 10.0 Å². The number of aliphatic hydroxyl groups excluding tert-OH is 1. The second-order valence-electron chi connectivity index (χ2n) is 5.67. The molecule has 0 heterocycles. The summed E-state index contributed by atoms with van der Waals surface area (Å²) >= 11 is 0. The van der Waals surface area contributed by atoms with Crippen molar-refractivity contribution in [3.8, 4) is 0 Å². The van der Waals surface area contributed by atoms with E-state index in [0.717, 1.165) is 44.9 Å². The van der Waals surface area contributed by atoms with Crippen LogP contribution >= 0.6 is 0 Å². The number of hydrogen-bond donors (Lipinski definition) is 2. The number of fused-ring (bicyclic) bond motifs is 1. The van der Waals surface area contributed by atoms with E-state index in [1.54, 1.807) is 6.07 Å². The Bertz CT molecular complexity index is 555. The highest BCUT2D eigenvalue weighted by Gasteiger charge is 2.17. The Balaban J connectivity index is 1.90. The average molecular weight is 311 g/mol. The van der Waals surface area contributed by atoms with Gasteiger partial charge in [-0.15, -0.1) is 0 Å². The van der Waals surface area contributed by atoms with Gasteiger partial charge in [-0.05, 0) is 61.8 Å². The first-order chi connectivity index (χ1) is 10.1. The van der Waals surface area contributed by atoms with Crippen LogP contribution in [0.5, 0.6) is 0 Å². The topological polar surface area (TPSA) is 66.4 Å². The number of benzene rings is 1. The Morgan fingerprint density at radius 3 is 2.48 bits per heavy atom. The first-order valence-electron chi connectivity index (χ1n) is 7.86. The monoisotopic (exact) mass is 311 g/mol. The number of rotatable bonds is 8. The lowest BCUT2D eigenvalue weighted by molar-refractivity contribution is 0.282. The van der Waals surface area contributed by atoms with Gasteiger partial charge in [0.2, 0.25) is 10.0 Å². The van der Waals surface area contributed by atoms with E-state index in [2.05, 4.69) is 4.72 Å². The van der Waals surface area contributed by atoms with Gasteiger partial charge in [0, 0.05) is 13.2 Å². The lowest BCUT2D eigenvalue weighted by atomic mass is 9.92. The molecule has 1 aromatic carbocycles. The van der Waals surface area contributed by atoms with Crippen molar-refractivity contribution in [3.05, 3.63) is 29.3 Å². The van der Waals surface area contributed by atoms with Crippen molar-refractivity contribution in [3.63, 3.8) is 0 Å². The molecule has 0 unspecified atom stereocenters. The number of sulfonamides is 1. The highest BCUT2D eigenvalue weighted by Crippen LogP contribution is 2.24. The molecule has 1 aliphatic rings. The zero-order valence-corrected chi connectivity index (χ0v) is 13.3. The second kappa shape index (κ2) is 7.92. The molecule has 0 amide bonds. The molecule has 1 aliphatic carbocycles. The van der Waals surface area contributed by atoms with Gasteiger partial charge in [-0.3, -0.25) is 0 Å². The van der Waals surface area contributed by atoms with Crippen LogP contribution < -0.4 is 4.72 Å². The van der Waals surface area contributed by atoms with Gasteiger partial charge in [0.05, 0.1) is 4.90 Å². The van der Waals surface area contributed by atoms with Gasteiger partial charge in [0.1, 0.15) is 0 Å². The van der Waals surface area contributed by atoms with Gasteiger partial charge < -0.3 is 5.11 Å². The van der Waals surface area contributed by atoms with Gasteiger partial charge >= 0.3 is 0 Å². The maximum Gasteiger partial charge on any atom is 0.240 e. The van der Waals surface area contributed by atoms with E-state index in [9.17, 15) is 8.42 Å². The van der Waals surface area contributed by atoms with Crippen LogP contribution in [0, 0.1) is 0 Å². The lowest BCUT2D eigenvalue weighted by Crippen LogP contribution is -2.25. The SMILES string of the molecule is O=S(=O)(NCCCCCCO)c1ccc2c(c1)CCCC2. The quantitative estimate of drug-likeness (QED) is 0.725. The van der Waals surface area contributed by atoms with Crippen LogP contribution in [-0.2, 0) is 22.9 Å². The molecular weight excluding hydrogens is 286 g/mol. The largest absolute Gasteiger partial charge is 0.396 e. The van der Waals surface area contributed by atoms with Crippen molar-refractivity contribution >= 4 is 10.0 Å².